The zero-order valence-electron chi connectivity index (χ0n) is 10.7. The molecule has 0 heterocycles. The van der Waals surface area contributed by atoms with Crippen LogP contribution in [0.4, 0.5) is 0 Å². The molecular weight excluding hydrogens is 246 g/mol. The minimum Gasteiger partial charge on any atom is -0.508 e. The number of nitrogens with one attached hydrogen (secondary N) is 1. The van der Waals surface area contributed by atoms with Gasteiger partial charge >= 0.3 is 5.97 Å². The lowest BCUT2D eigenvalue weighted by Crippen LogP contribution is -2.40. The standard InChI is InChI=1S/C14H17NO4/c1-8-9(4-3-7-12(8)16)13(17)15-11-6-2-5-10(11)14(18)19/h3-4,7,10-11,16H,2,5-6H2,1H3,(H,15,17)(H,18,19). The highest BCUT2D eigenvalue weighted by Crippen LogP contribution is 2.27. The topological polar surface area (TPSA) is 86.6 Å². The first-order valence-corrected chi connectivity index (χ1v) is 6.33. The first-order chi connectivity index (χ1) is 9.00. The number of phenols is 1. The molecule has 0 saturated heterocycles. The van der Waals surface area contributed by atoms with E-state index in [1.165, 1.54) is 6.07 Å². The molecule has 2 unspecified atom stereocenters. The second-order valence-electron chi connectivity index (χ2n) is 4.91. The number of carboxylic acids is 1. The molecule has 1 aliphatic carbocycles. The summed E-state index contributed by atoms with van der Waals surface area (Å²) >= 11 is 0. The van der Waals surface area contributed by atoms with Gasteiger partial charge in [-0.2, -0.15) is 0 Å². The summed E-state index contributed by atoms with van der Waals surface area (Å²) in [7, 11) is 0. The second kappa shape index (κ2) is 5.30. The van der Waals surface area contributed by atoms with Gasteiger partial charge in [0.15, 0.2) is 0 Å². The van der Waals surface area contributed by atoms with E-state index in [-0.39, 0.29) is 17.7 Å². The van der Waals surface area contributed by atoms with Gasteiger partial charge in [0.25, 0.3) is 5.91 Å². The van der Waals surface area contributed by atoms with E-state index in [9.17, 15) is 14.7 Å². The normalized spacial score (nSPS) is 22.2. The van der Waals surface area contributed by atoms with Crippen LogP contribution in [0.5, 0.6) is 5.75 Å². The van der Waals surface area contributed by atoms with Crippen LogP contribution in [0.25, 0.3) is 0 Å². The minimum atomic E-state index is -0.865. The first kappa shape index (κ1) is 13.4. The summed E-state index contributed by atoms with van der Waals surface area (Å²) in [6, 6.07) is 4.41. The summed E-state index contributed by atoms with van der Waals surface area (Å²) < 4.78 is 0. The van der Waals surface area contributed by atoms with Crippen molar-refractivity contribution in [3.63, 3.8) is 0 Å². The van der Waals surface area contributed by atoms with E-state index < -0.39 is 11.9 Å². The third-order valence-corrected chi connectivity index (χ3v) is 3.70. The quantitative estimate of drug-likeness (QED) is 0.774. The van der Waals surface area contributed by atoms with Gasteiger partial charge in [-0.05, 0) is 31.9 Å². The molecule has 102 valence electrons. The molecule has 5 heteroatoms. The van der Waals surface area contributed by atoms with Crippen LogP contribution in [0, 0.1) is 12.8 Å². The van der Waals surface area contributed by atoms with Crippen LogP contribution < -0.4 is 5.32 Å². The molecule has 2 atom stereocenters. The van der Waals surface area contributed by atoms with Crippen LogP contribution in [0.15, 0.2) is 18.2 Å². The van der Waals surface area contributed by atoms with Gasteiger partial charge in [-0.15, -0.1) is 0 Å². The number of aromatic hydroxyl groups is 1. The zero-order chi connectivity index (χ0) is 14.0. The smallest absolute Gasteiger partial charge is 0.308 e. The molecule has 0 radical (unpaired) electrons. The molecule has 1 amide bonds. The molecule has 5 nitrogen and oxygen atoms in total. The Kier molecular flexibility index (Phi) is 3.74. The van der Waals surface area contributed by atoms with Crippen LogP contribution >= 0.6 is 0 Å². The number of phenolic OH excluding ortho intramolecular Hbond substituents is 1. The fraction of sp³-hybridized carbons (Fsp3) is 0.429. The van der Waals surface area contributed by atoms with E-state index in [0.29, 0.717) is 24.0 Å². The molecule has 1 aromatic carbocycles. The molecule has 0 aromatic heterocycles. The molecule has 1 fully saturated rings. The van der Waals surface area contributed by atoms with Crippen LogP contribution in [0.1, 0.15) is 35.2 Å². The SMILES string of the molecule is Cc1c(O)cccc1C(=O)NC1CCCC1C(=O)O. The van der Waals surface area contributed by atoms with E-state index in [1.54, 1.807) is 19.1 Å². The third kappa shape index (κ3) is 2.70. The van der Waals surface area contributed by atoms with Gasteiger partial charge in [-0.3, -0.25) is 9.59 Å². The molecule has 3 N–H and O–H groups in total. The lowest BCUT2D eigenvalue weighted by molar-refractivity contribution is -0.142. The van der Waals surface area contributed by atoms with Crippen molar-refractivity contribution < 1.29 is 19.8 Å². The van der Waals surface area contributed by atoms with Gasteiger partial charge in [-0.25, -0.2) is 0 Å². The zero-order valence-corrected chi connectivity index (χ0v) is 10.7. The van der Waals surface area contributed by atoms with Gasteiger partial charge in [0.05, 0.1) is 5.92 Å². The van der Waals surface area contributed by atoms with Gasteiger partial charge in [0, 0.05) is 17.2 Å². The maximum atomic E-state index is 12.1. The molecule has 1 saturated carbocycles. The Morgan fingerprint density at radius 1 is 1.32 bits per heavy atom. The van der Waals surface area contributed by atoms with Gasteiger partial charge in [0.1, 0.15) is 5.75 Å². The van der Waals surface area contributed by atoms with E-state index >= 15 is 0 Å². The fourth-order valence-corrected chi connectivity index (χ4v) is 2.54. The van der Waals surface area contributed by atoms with Gasteiger partial charge in [0.2, 0.25) is 0 Å². The first-order valence-electron chi connectivity index (χ1n) is 6.33. The van der Waals surface area contributed by atoms with Crippen LogP contribution in [-0.2, 0) is 4.79 Å². The van der Waals surface area contributed by atoms with Crippen LogP contribution in [-0.4, -0.2) is 28.1 Å². The molecule has 19 heavy (non-hydrogen) atoms. The molecule has 1 aromatic rings. The third-order valence-electron chi connectivity index (χ3n) is 3.70. The maximum absolute atomic E-state index is 12.1. The van der Waals surface area contributed by atoms with Crippen LogP contribution in [0.3, 0.4) is 0 Å². The molecule has 0 spiro atoms. The number of amides is 1. The highest BCUT2D eigenvalue weighted by Gasteiger charge is 2.34. The summed E-state index contributed by atoms with van der Waals surface area (Å²) in [5.74, 6) is -1.64. The fourth-order valence-electron chi connectivity index (χ4n) is 2.54. The highest BCUT2D eigenvalue weighted by molar-refractivity contribution is 5.96. The summed E-state index contributed by atoms with van der Waals surface area (Å²) in [5, 5.41) is 21.4. The molecular formula is C14H17NO4. The number of carboxylic acid groups (broad SMARTS) is 1. The van der Waals surface area contributed by atoms with Crippen molar-refractivity contribution in [2.75, 3.05) is 0 Å². The monoisotopic (exact) mass is 263 g/mol. The van der Waals surface area contributed by atoms with E-state index in [0.717, 1.165) is 6.42 Å². The van der Waals surface area contributed by atoms with Crippen molar-refractivity contribution in [1.29, 1.82) is 0 Å². The number of rotatable bonds is 3. The predicted octanol–water partition coefficient (Wildman–Crippen LogP) is 1.68. The minimum absolute atomic E-state index is 0.0638. The Hall–Kier alpha value is -2.04. The molecule has 1 aliphatic rings. The Labute approximate surface area is 111 Å². The Bertz CT molecular complexity index is 512. The Morgan fingerprint density at radius 3 is 2.74 bits per heavy atom. The highest BCUT2D eigenvalue weighted by atomic mass is 16.4. The van der Waals surface area contributed by atoms with Crippen molar-refractivity contribution in [1.82, 2.24) is 5.32 Å². The number of benzene rings is 1. The average Bonchev–Trinajstić information content (AvgIpc) is 2.80. The number of carbonyl (C=O) groups excluding carboxylic acids is 1. The molecule has 0 bridgehead atoms. The van der Waals surface area contributed by atoms with Crippen molar-refractivity contribution in [2.24, 2.45) is 5.92 Å². The second-order valence-corrected chi connectivity index (χ2v) is 4.91. The number of hydrogen-bond donors (Lipinski definition) is 3. The van der Waals surface area contributed by atoms with Gasteiger partial charge < -0.3 is 15.5 Å². The Balaban J connectivity index is 2.13. The Morgan fingerprint density at radius 2 is 2.05 bits per heavy atom. The number of aliphatic carboxylic acids is 1. The summed E-state index contributed by atoms with van der Waals surface area (Å²) in [5.41, 5.74) is 0.890. The van der Waals surface area contributed by atoms with Crippen LogP contribution in [0.2, 0.25) is 0 Å². The summed E-state index contributed by atoms with van der Waals surface area (Å²) in [6.45, 7) is 1.66. The van der Waals surface area contributed by atoms with Gasteiger partial charge in [-0.1, -0.05) is 12.5 Å². The van der Waals surface area contributed by atoms with Crippen molar-refractivity contribution in [2.45, 2.75) is 32.2 Å². The van der Waals surface area contributed by atoms with Crippen molar-refractivity contribution in [3.05, 3.63) is 29.3 Å². The number of carbonyl (C=O) groups is 2. The summed E-state index contributed by atoms with van der Waals surface area (Å²) in [4.78, 5) is 23.2. The lowest BCUT2D eigenvalue weighted by Gasteiger charge is -2.18. The molecule has 2 rings (SSSR count). The summed E-state index contributed by atoms with van der Waals surface area (Å²) in [6.07, 6.45) is 2.08. The van der Waals surface area contributed by atoms with Crippen molar-refractivity contribution in [3.8, 4) is 5.75 Å². The van der Waals surface area contributed by atoms with Crippen molar-refractivity contribution >= 4 is 11.9 Å². The predicted molar refractivity (Wildman–Crippen MR) is 69.1 cm³/mol. The van der Waals surface area contributed by atoms with E-state index in [1.807, 2.05) is 0 Å². The maximum Gasteiger partial charge on any atom is 0.308 e. The lowest BCUT2D eigenvalue weighted by atomic mass is 10.0. The van der Waals surface area contributed by atoms with E-state index in [4.69, 9.17) is 5.11 Å². The van der Waals surface area contributed by atoms with E-state index in [2.05, 4.69) is 5.32 Å². The number of hydrogen-bond acceptors (Lipinski definition) is 3. The average molecular weight is 263 g/mol. The largest absolute Gasteiger partial charge is 0.508 e. The molecule has 0 aliphatic heterocycles.